The van der Waals surface area contributed by atoms with E-state index in [0.29, 0.717) is 12.2 Å². The molecule has 1 amide bonds. The Bertz CT molecular complexity index is 664. The van der Waals surface area contributed by atoms with Crippen molar-refractivity contribution in [3.05, 3.63) is 24.8 Å². The van der Waals surface area contributed by atoms with E-state index in [4.69, 9.17) is 0 Å². The molecule has 1 saturated heterocycles. The number of hydrogen-bond acceptors (Lipinski definition) is 5. The first kappa shape index (κ1) is 12.6. The van der Waals surface area contributed by atoms with Gasteiger partial charge in [-0.3, -0.25) is 4.79 Å². The molecule has 0 bridgehead atoms. The van der Waals surface area contributed by atoms with Gasteiger partial charge in [-0.15, -0.1) is 0 Å². The maximum absolute atomic E-state index is 11.6. The highest BCUT2D eigenvalue weighted by atomic mass is 16.2. The monoisotopic (exact) mass is 272 g/mol. The van der Waals surface area contributed by atoms with E-state index in [1.54, 1.807) is 4.90 Å². The van der Waals surface area contributed by atoms with Gasteiger partial charge < -0.3 is 15.2 Å². The number of aromatic amines is 1. The van der Waals surface area contributed by atoms with Crippen LogP contribution in [-0.4, -0.2) is 49.9 Å². The number of carbonyl (C=O) groups is 1. The van der Waals surface area contributed by atoms with Crippen LogP contribution in [0.2, 0.25) is 0 Å². The van der Waals surface area contributed by atoms with Gasteiger partial charge in [-0.1, -0.05) is 6.58 Å². The van der Waals surface area contributed by atoms with Crippen molar-refractivity contribution in [1.82, 2.24) is 24.8 Å². The summed E-state index contributed by atoms with van der Waals surface area (Å²) in [5.41, 5.74) is 1.45. The van der Waals surface area contributed by atoms with Crippen LogP contribution in [0.5, 0.6) is 0 Å². The molecule has 1 aliphatic heterocycles. The molecule has 0 aromatic carbocycles. The third kappa shape index (κ3) is 2.22. The van der Waals surface area contributed by atoms with E-state index in [-0.39, 0.29) is 11.9 Å². The van der Waals surface area contributed by atoms with Crippen LogP contribution in [-0.2, 0) is 4.79 Å². The zero-order chi connectivity index (χ0) is 14.1. The summed E-state index contributed by atoms with van der Waals surface area (Å²) >= 11 is 0. The van der Waals surface area contributed by atoms with Gasteiger partial charge in [-0.2, -0.15) is 0 Å². The predicted octanol–water partition coefficient (Wildman–Crippen LogP) is 0.860. The lowest BCUT2D eigenvalue weighted by molar-refractivity contribution is -0.125. The summed E-state index contributed by atoms with van der Waals surface area (Å²) in [4.78, 5) is 29.2. The molecule has 1 unspecified atom stereocenters. The van der Waals surface area contributed by atoms with Crippen LogP contribution >= 0.6 is 0 Å². The Morgan fingerprint density at radius 1 is 1.60 bits per heavy atom. The van der Waals surface area contributed by atoms with Gasteiger partial charge >= 0.3 is 0 Å². The summed E-state index contributed by atoms with van der Waals surface area (Å²) in [7, 11) is 0. The average molecular weight is 272 g/mol. The fourth-order valence-corrected chi connectivity index (χ4v) is 2.45. The number of aryl methyl sites for hydroxylation is 1. The van der Waals surface area contributed by atoms with Crippen molar-refractivity contribution in [3.8, 4) is 0 Å². The minimum absolute atomic E-state index is 0.0282. The number of fused-ring (bicyclic) bond motifs is 1. The van der Waals surface area contributed by atoms with E-state index >= 15 is 0 Å². The summed E-state index contributed by atoms with van der Waals surface area (Å²) in [5.74, 6) is 1.51. The lowest BCUT2D eigenvalue weighted by Crippen LogP contribution is -2.30. The van der Waals surface area contributed by atoms with Gasteiger partial charge in [0.05, 0.1) is 0 Å². The number of H-pyrrole nitrogens is 1. The van der Waals surface area contributed by atoms with E-state index < -0.39 is 0 Å². The molecule has 0 saturated carbocycles. The minimum Gasteiger partial charge on any atom is -0.364 e. The highest BCUT2D eigenvalue weighted by Crippen LogP contribution is 2.20. The first-order valence-corrected chi connectivity index (χ1v) is 6.52. The number of carbonyl (C=O) groups excluding carboxylic acids is 1. The van der Waals surface area contributed by atoms with Crippen LogP contribution in [0, 0.1) is 6.92 Å². The van der Waals surface area contributed by atoms with Gasteiger partial charge in [0, 0.05) is 19.1 Å². The summed E-state index contributed by atoms with van der Waals surface area (Å²) in [6.07, 6.45) is 3.73. The van der Waals surface area contributed by atoms with Crippen LogP contribution in [0.4, 0.5) is 5.82 Å². The molecule has 104 valence electrons. The van der Waals surface area contributed by atoms with Crippen molar-refractivity contribution in [3.63, 3.8) is 0 Å². The number of amides is 1. The number of imidazole rings is 1. The molecule has 7 heteroatoms. The van der Waals surface area contributed by atoms with Crippen molar-refractivity contribution >= 4 is 22.9 Å². The molecule has 7 nitrogen and oxygen atoms in total. The quantitative estimate of drug-likeness (QED) is 0.809. The van der Waals surface area contributed by atoms with Gasteiger partial charge in [0.1, 0.15) is 17.7 Å². The molecule has 0 radical (unpaired) electrons. The predicted molar refractivity (Wildman–Crippen MR) is 75.2 cm³/mol. The van der Waals surface area contributed by atoms with E-state index in [1.165, 1.54) is 12.4 Å². The largest absolute Gasteiger partial charge is 0.364 e. The molecular weight excluding hydrogens is 256 g/mol. The zero-order valence-electron chi connectivity index (χ0n) is 11.3. The second-order valence-electron chi connectivity index (χ2n) is 4.86. The second kappa shape index (κ2) is 4.92. The normalized spacial score (nSPS) is 18.4. The number of aromatic nitrogens is 4. The van der Waals surface area contributed by atoms with Crippen LogP contribution in [0.1, 0.15) is 12.2 Å². The summed E-state index contributed by atoms with van der Waals surface area (Å²) in [5, 5.41) is 3.36. The van der Waals surface area contributed by atoms with E-state index in [1.807, 2.05) is 6.92 Å². The van der Waals surface area contributed by atoms with Crippen molar-refractivity contribution in [2.45, 2.75) is 19.4 Å². The highest BCUT2D eigenvalue weighted by Gasteiger charge is 2.25. The zero-order valence-corrected chi connectivity index (χ0v) is 11.3. The molecular formula is C13H16N6O. The molecule has 2 aromatic rings. The van der Waals surface area contributed by atoms with Crippen molar-refractivity contribution in [2.24, 2.45) is 0 Å². The molecule has 0 spiro atoms. The van der Waals surface area contributed by atoms with Crippen molar-refractivity contribution < 1.29 is 4.79 Å². The Labute approximate surface area is 116 Å². The molecule has 1 aliphatic rings. The first-order chi connectivity index (χ1) is 9.67. The number of rotatable bonds is 3. The Balaban J connectivity index is 1.77. The van der Waals surface area contributed by atoms with E-state index in [0.717, 1.165) is 30.1 Å². The van der Waals surface area contributed by atoms with Gasteiger partial charge in [-0.05, 0) is 19.4 Å². The molecule has 1 atom stereocenters. The van der Waals surface area contributed by atoms with Gasteiger partial charge in [0.15, 0.2) is 11.5 Å². The second-order valence-corrected chi connectivity index (χ2v) is 4.86. The van der Waals surface area contributed by atoms with E-state index in [2.05, 4.69) is 31.8 Å². The standard InChI is InChI=1S/C13H16N6O/c1-3-10(20)19-5-4-9(6-19)18-13-11-12(14-7-15-13)17-8(2)16-11/h3,7,9H,1,4-6H2,2H3,(H2,14,15,16,17,18). The fourth-order valence-electron chi connectivity index (χ4n) is 2.45. The Morgan fingerprint density at radius 2 is 2.45 bits per heavy atom. The lowest BCUT2D eigenvalue weighted by atomic mass is 10.2. The molecule has 2 N–H and O–H groups in total. The summed E-state index contributed by atoms with van der Waals surface area (Å²) < 4.78 is 0. The Morgan fingerprint density at radius 3 is 3.25 bits per heavy atom. The smallest absolute Gasteiger partial charge is 0.246 e. The van der Waals surface area contributed by atoms with Crippen LogP contribution in [0.3, 0.4) is 0 Å². The van der Waals surface area contributed by atoms with Gasteiger partial charge in [0.25, 0.3) is 0 Å². The Hall–Kier alpha value is -2.44. The number of hydrogen-bond donors (Lipinski definition) is 2. The van der Waals surface area contributed by atoms with Gasteiger partial charge in [-0.25, -0.2) is 15.0 Å². The molecule has 20 heavy (non-hydrogen) atoms. The highest BCUT2D eigenvalue weighted by molar-refractivity contribution is 5.87. The third-order valence-electron chi connectivity index (χ3n) is 3.42. The first-order valence-electron chi connectivity index (χ1n) is 6.52. The van der Waals surface area contributed by atoms with Crippen LogP contribution in [0.15, 0.2) is 19.0 Å². The summed E-state index contributed by atoms with van der Waals surface area (Å²) in [6.45, 7) is 6.78. The average Bonchev–Trinajstić information content (AvgIpc) is 3.04. The minimum atomic E-state index is -0.0282. The molecule has 2 aromatic heterocycles. The molecule has 0 aliphatic carbocycles. The van der Waals surface area contributed by atoms with Crippen molar-refractivity contribution in [2.75, 3.05) is 18.4 Å². The molecule has 3 heterocycles. The van der Waals surface area contributed by atoms with E-state index in [9.17, 15) is 4.79 Å². The van der Waals surface area contributed by atoms with Crippen LogP contribution < -0.4 is 5.32 Å². The maximum atomic E-state index is 11.6. The number of nitrogens with one attached hydrogen (secondary N) is 2. The van der Waals surface area contributed by atoms with Crippen molar-refractivity contribution in [1.29, 1.82) is 0 Å². The summed E-state index contributed by atoms with van der Waals surface area (Å²) in [6, 6.07) is 0.181. The SMILES string of the molecule is C=CC(=O)N1CCC(Nc2ncnc3nc(C)[nH]c23)C1. The van der Waals surface area contributed by atoms with Gasteiger partial charge in [0.2, 0.25) is 5.91 Å². The Kier molecular flexibility index (Phi) is 3.09. The van der Waals surface area contributed by atoms with Crippen LogP contribution in [0.25, 0.3) is 11.2 Å². The number of likely N-dealkylation sites (tertiary alicyclic amines) is 1. The molecule has 1 fully saturated rings. The number of anilines is 1. The fraction of sp³-hybridized carbons (Fsp3) is 0.385. The topological polar surface area (TPSA) is 86.8 Å². The third-order valence-corrected chi connectivity index (χ3v) is 3.42. The number of nitrogens with zero attached hydrogens (tertiary/aromatic N) is 4. The molecule has 3 rings (SSSR count). The maximum Gasteiger partial charge on any atom is 0.246 e. The lowest BCUT2D eigenvalue weighted by Gasteiger charge is -2.15.